The smallest absolute Gasteiger partial charge is 0.159 e. The minimum atomic E-state index is 0.583. The molecule has 0 N–H and O–H groups in total. The van der Waals surface area contributed by atoms with Crippen LogP contribution in [0.2, 0.25) is 0 Å². The maximum Gasteiger partial charge on any atom is 0.159 e. The molecule has 0 fully saturated rings. The summed E-state index contributed by atoms with van der Waals surface area (Å²) in [6.45, 7) is 5.03. The van der Waals surface area contributed by atoms with Crippen LogP contribution in [0.3, 0.4) is 0 Å². The van der Waals surface area contributed by atoms with Gasteiger partial charge in [0.1, 0.15) is 12.4 Å². The number of ether oxygens (including phenoxy) is 1. The number of hydrogen-bond acceptors (Lipinski definition) is 3. The third-order valence-corrected chi connectivity index (χ3v) is 6.10. The van der Waals surface area contributed by atoms with Gasteiger partial charge in [0.2, 0.25) is 0 Å². The molecule has 0 spiro atoms. The van der Waals surface area contributed by atoms with E-state index < -0.39 is 0 Å². The zero-order valence-electron chi connectivity index (χ0n) is 20.6. The monoisotopic (exact) mass is 444 g/mol. The van der Waals surface area contributed by atoms with Crippen molar-refractivity contribution in [2.75, 3.05) is 0 Å². The largest absolute Gasteiger partial charge is 0.489 e. The lowest BCUT2D eigenvalue weighted by Crippen LogP contribution is -1.96. The first-order chi connectivity index (χ1) is 16.3. The quantitative estimate of drug-likeness (QED) is 0.221. The van der Waals surface area contributed by atoms with Crippen LogP contribution in [0.1, 0.15) is 88.3 Å². The van der Waals surface area contributed by atoms with Crippen molar-refractivity contribution in [3.63, 3.8) is 0 Å². The van der Waals surface area contributed by atoms with Gasteiger partial charge in [0.25, 0.3) is 0 Å². The van der Waals surface area contributed by atoms with Crippen molar-refractivity contribution >= 4 is 0 Å². The van der Waals surface area contributed by atoms with E-state index in [1.165, 1.54) is 74.5 Å². The number of rotatable bonds is 15. The second-order valence-corrected chi connectivity index (χ2v) is 9.02. The zero-order valence-corrected chi connectivity index (χ0v) is 20.6. The zero-order chi connectivity index (χ0) is 23.1. The molecule has 0 saturated carbocycles. The van der Waals surface area contributed by atoms with Crippen LogP contribution in [0.5, 0.6) is 5.75 Å². The van der Waals surface area contributed by atoms with Gasteiger partial charge in [0.05, 0.1) is 0 Å². The van der Waals surface area contributed by atoms with Crippen molar-refractivity contribution < 1.29 is 4.74 Å². The summed E-state index contributed by atoms with van der Waals surface area (Å²) in [4.78, 5) is 8.99. The van der Waals surface area contributed by atoms with Crippen LogP contribution in [0.4, 0.5) is 0 Å². The van der Waals surface area contributed by atoms with E-state index in [1.54, 1.807) is 0 Å². The first kappa shape index (κ1) is 25.0. The Morgan fingerprint density at radius 1 is 0.576 bits per heavy atom. The van der Waals surface area contributed by atoms with Gasteiger partial charge < -0.3 is 4.74 Å². The van der Waals surface area contributed by atoms with E-state index in [2.05, 4.69) is 48.1 Å². The summed E-state index contributed by atoms with van der Waals surface area (Å²) in [6, 6.07) is 16.9. The molecule has 3 heteroatoms. The molecule has 0 aliphatic heterocycles. The van der Waals surface area contributed by atoms with Gasteiger partial charge in [-0.25, -0.2) is 9.97 Å². The van der Waals surface area contributed by atoms with Gasteiger partial charge >= 0.3 is 0 Å². The van der Waals surface area contributed by atoms with Crippen LogP contribution in [0.15, 0.2) is 60.9 Å². The normalized spacial score (nSPS) is 11.0. The van der Waals surface area contributed by atoms with E-state index >= 15 is 0 Å². The fourth-order valence-corrected chi connectivity index (χ4v) is 4.05. The Labute approximate surface area is 200 Å². The third-order valence-electron chi connectivity index (χ3n) is 6.10. The highest BCUT2D eigenvalue weighted by atomic mass is 16.5. The molecule has 2 aromatic carbocycles. The molecule has 176 valence electrons. The molecule has 0 bridgehead atoms. The molecule has 1 aromatic heterocycles. The minimum absolute atomic E-state index is 0.583. The average molecular weight is 445 g/mol. The summed E-state index contributed by atoms with van der Waals surface area (Å²) in [6.07, 6.45) is 18.1. The van der Waals surface area contributed by atoms with Crippen LogP contribution in [0.25, 0.3) is 11.4 Å². The maximum atomic E-state index is 5.99. The molecule has 3 rings (SSSR count). The van der Waals surface area contributed by atoms with Gasteiger partial charge in [-0.05, 0) is 60.2 Å². The SMILES string of the molecule is CCCCCCCCCCc1ccc(COc2ccc(-c3ncc(CCC)cn3)cc2)cc1. The molecule has 0 radical (unpaired) electrons. The number of nitrogens with zero attached hydrogens (tertiary/aromatic N) is 2. The predicted molar refractivity (Wildman–Crippen MR) is 139 cm³/mol. The maximum absolute atomic E-state index is 5.99. The highest BCUT2D eigenvalue weighted by molar-refractivity contribution is 5.55. The van der Waals surface area contributed by atoms with Crippen LogP contribution >= 0.6 is 0 Å². The molecule has 1 heterocycles. The molecule has 0 aliphatic rings. The third kappa shape index (κ3) is 9.00. The second kappa shape index (κ2) is 14.5. The lowest BCUT2D eigenvalue weighted by molar-refractivity contribution is 0.306. The summed E-state index contributed by atoms with van der Waals surface area (Å²) in [5.41, 5.74) is 4.83. The van der Waals surface area contributed by atoms with Crippen LogP contribution < -0.4 is 4.74 Å². The van der Waals surface area contributed by atoms with Gasteiger partial charge in [-0.1, -0.05) is 89.5 Å². The van der Waals surface area contributed by atoms with Crippen molar-refractivity contribution in [3.05, 3.63) is 77.6 Å². The van der Waals surface area contributed by atoms with Gasteiger partial charge in [-0.2, -0.15) is 0 Å². The summed E-state index contributed by atoms with van der Waals surface area (Å²) in [5, 5.41) is 0. The van der Waals surface area contributed by atoms with Crippen molar-refractivity contribution in [2.24, 2.45) is 0 Å². The average Bonchev–Trinajstić information content (AvgIpc) is 2.86. The highest BCUT2D eigenvalue weighted by Gasteiger charge is 2.03. The Hall–Kier alpha value is -2.68. The molecule has 0 amide bonds. The molecular weight excluding hydrogens is 404 g/mol. The Morgan fingerprint density at radius 3 is 1.82 bits per heavy atom. The number of hydrogen-bond donors (Lipinski definition) is 0. The van der Waals surface area contributed by atoms with E-state index in [0.29, 0.717) is 6.61 Å². The van der Waals surface area contributed by atoms with Crippen molar-refractivity contribution in [3.8, 4) is 17.1 Å². The molecular formula is C30H40N2O. The van der Waals surface area contributed by atoms with E-state index in [0.717, 1.165) is 30.0 Å². The van der Waals surface area contributed by atoms with Crippen molar-refractivity contribution in [1.82, 2.24) is 9.97 Å². The fraction of sp³-hybridized carbons (Fsp3) is 0.467. The minimum Gasteiger partial charge on any atom is -0.489 e. The van der Waals surface area contributed by atoms with Crippen molar-refractivity contribution in [1.29, 1.82) is 0 Å². The second-order valence-electron chi connectivity index (χ2n) is 9.02. The van der Waals surface area contributed by atoms with E-state index in [-0.39, 0.29) is 0 Å². The fourth-order valence-electron chi connectivity index (χ4n) is 4.05. The van der Waals surface area contributed by atoms with Gasteiger partial charge in [0, 0.05) is 18.0 Å². The molecule has 3 nitrogen and oxygen atoms in total. The standard InChI is InChI=1S/C30H40N2O/c1-3-5-6-7-8-9-10-11-13-25-14-16-26(17-15-25)24-33-29-20-18-28(19-21-29)30-31-22-27(12-4-2)23-32-30/h14-23H,3-13,24H2,1-2H3. The Morgan fingerprint density at radius 2 is 1.18 bits per heavy atom. The molecule has 3 aromatic rings. The molecule has 33 heavy (non-hydrogen) atoms. The first-order valence-corrected chi connectivity index (χ1v) is 12.9. The molecule has 0 saturated heterocycles. The lowest BCUT2D eigenvalue weighted by Gasteiger charge is -2.08. The molecule has 0 unspecified atom stereocenters. The van der Waals surface area contributed by atoms with E-state index in [9.17, 15) is 0 Å². The molecule has 0 atom stereocenters. The van der Waals surface area contributed by atoms with E-state index in [4.69, 9.17) is 4.74 Å². The predicted octanol–water partition coefficient (Wildman–Crippen LogP) is 8.36. The topological polar surface area (TPSA) is 35.0 Å². The molecule has 0 aliphatic carbocycles. The van der Waals surface area contributed by atoms with Gasteiger partial charge in [-0.15, -0.1) is 0 Å². The van der Waals surface area contributed by atoms with Gasteiger partial charge in [0.15, 0.2) is 5.82 Å². The highest BCUT2D eigenvalue weighted by Crippen LogP contribution is 2.20. The summed E-state index contributed by atoms with van der Waals surface area (Å²) in [5.74, 6) is 1.62. The first-order valence-electron chi connectivity index (χ1n) is 12.9. The van der Waals surface area contributed by atoms with Gasteiger partial charge in [-0.3, -0.25) is 0 Å². The number of aryl methyl sites for hydroxylation is 2. The number of aromatic nitrogens is 2. The summed E-state index contributed by atoms with van der Waals surface area (Å²) >= 11 is 0. The number of unbranched alkanes of at least 4 members (excludes halogenated alkanes) is 7. The number of benzene rings is 2. The summed E-state index contributed by atoms with van der Waals surface area (Å²) < 4.78 is 5.99. The van der Waals surface area contributed by atoms with Crippen LogP contribution in [-0.2, 0) is 19.4 Å². The Balaban J connectivity index is 1.37. The lowest BCUT2D eigenvalue weighted by atomic mass is 10.0. The van der Waals surface area contributed by atoms with Crippen molar-refractivity contribution in [2.45, 2.75) is 91.1 Å². The van der Waals surface area contributed by atoms with Crippen LogP contribution in [0, 0.1) is 0 Å². The Kier molecular flexibility index (Phi) is 10.9. The Bertz CT molecular complexity index is 902. The van der Waals surface area contributed by atoms with Crippen LogP contribution in [-0.4, -0.2) is 9.97 Å². The summed E-state index contributed by atoms with van der Waals surface area (Å²) in [7, 11) is 0. The van der Waals surface area contributed by atoms with E-state index in [1.807, 2.05) is 36.7 Å².